The van der Waals surface area contributed by atoms with Gasteiger partial charge in [-0.05, 0) is 18.3 Å². The van der Waals surface area contributed by atoms with Gasteiger partial charge in [0.15, 0.2) is 6.29 Å². The fourth-order valence-electron chi connectivity index (χ4n) is 1.85. The van der Waals surface area contributed by atoms with E-state index in [9.17, 15) is 15.3 Å². The summed E-state index contributed by atoms with van der Waals surface area (Å²) in [6.45, 7) is 3.08. The first-order valence-electron chi connectivity index (χ1n) is 7.23. The Kier molecular flexibility index (Phi) is 8.85. The second kappa shape index (κ2) is 10.4. The Bertz CT molecular complexity index is 482. The number of unbranched alkanes of at least 4 members (excludes halogenated alkanes) is 1. The predicted molar refractivity (Wildman–Crippen MR) is 80.7 cm³/mol. The van der Waals surface area contributed by atoms with Gasteiger partial charge in [-0.2, -0.15) is 0 Å². The normalized spacial score (nSPS) is 31.3. The number of aliphatic hydroxyl groups excluding tert-OH is 5. The molecule has 0 aromatic carbocycles. The van der Waals surface area contributed by atoms with Crippen molar-refractivity contribution in [1.29, 1.82) is 0 Å². The molecule has 0 radical (unpaired) electrons. The topological polar surface area (TPSA) is 120 Å². The zero-order valence-electron chi connectivity index (χ0n) is 12.6. The molecule has 0 aromatic rings. The lowest BCUT2D eigenvalue weighted by atomic mass is 9.99. The van der Waals surface area contributed by atoms with E-state index < -0.39 is 43.4 Å². The molecular formula is C16H22O7. The van der Waals surface area contributed by atoms with E-state index in [2.05, 4.69) is 30.3 Å². The molecule has 0 amide bonds. The molecule has 7 nitrogen and oxygen atoms in total. The molecule has 1 aliphatic rings. The van der Waals surface area contributed by atoms with Crippen molar-refractivity contribution in [3.63, 3.8) is 0 Å². The van der Waals surface area contributed by atoms with E-state index >= 15 is 0 Å². The largest absolute Gasteiger partial charge is 0.396 e. The summed E-state index contributed by atoms with van der Waals surface area (Å²) in [5.41, 5.74) is 0. The van der Waals surface area contributed by atoms with Crippen molar-refractivity contribution in [2.24, 2.45) is 0 Å². The standard InChI is InChI=1S/C16H22O7/c1-2-11(8-6-4-3-5-7-9-17)22-16-15(21)14(20)13(19)12(10-18)23-16/h2,11-21H,1,5,7,9-10H2/t11?,12-,13-,14+,15-,16-/m1/s1. The minimum atomic E-state index is -1.51. The molecule has 128 valence electrons. The lowest BCUT2D eigenvalue weighted by molar-refractivity contribution is -0.303. The van der Waals surface area contributed by atoms with Crippen LogP contribution in [0.15, 0.2) is 12.7 Å². The van der Waals surface area contributed by atoms with Crippen LogP contribution in [0.4, 0.5) is 0 Å². The highest BCUT2D eigenvalue weighted by Gasteiger charge is 2.44. The van der Waals surface area contributed by atoms with Gasteiger partial charge in [0, 0.05) is 13.0 Å². The summed E-state index contributed by atoms with van der Waals surface area (Å²) in [5, 5.41) is 46.9. The van der Waals surface area contributed by atoms with Gasteiger partial charge in [-0.15, -0.1) is 0 Å². The maximum atomic E-state index is 9.86. The van der Waals surface area contributed by atoms with Gasteiger partial charge in [0.25, 0.3) is 0 Å². The zero-order chi connectivity index (χ0) is 17.2. The summed E-state index contributed by atoms with van der Waals surface area (Å²) in [4.78, 5) is 0. The monoisotopic (exact) mass is 326 g/mol. The van der Waals surface area contributed by atoms with E-state index in [0.717, 1.165) is 0 Å². The number of hydrogen-bond donors (Lipinski definition) is 5. The Morgan fingerprint density at radius 1 is 1.13 bits per heavy atom. The molecule has 5 N–H and O–H groups in total. The first-order valence-corrected chi connectivity index (χ1v) is 7.23. The summed E-state index contributed by atoms with van der Waals surface area (Å²) in [7, 11) is 0. The van der Waals surface area contributed by atoms with Crippen LogP contribution in [-0.2, 0) is 9.47 Å². The van der Waals surface area contributed by atoms with Crippen LogP contribution < -0.4 is 0 Å². The van der Waals surface area contributed by atoms with Gasteiger partial charge in [0.05, 0.1) is 6.61 Å². The fourth-order valence-corrected chi connectivity index (χ4v) is 1.85. The number of hydrogen-bond acceptors (Lipinski definition) is 7. The van der Waals surface area contributed by atoms with E-state index in [1.54, 1.807) is 0 Å². The smallest absolute Gasteiger partial charge is 0.188 e. The molecule has 1 fully saturated rings. The van der Waals surface area contributed by atoms with Gasteiger partial charge >= 0.3 is 0 Å². The van der Waals surface area contributed by atoms with Crippen molar-refractivity contribution >= 4 is 0 Å². The summed E-state index contributed by atoms with van der Waals surface area (Å²) in [6, 6.07) is 0. The Hall–Kier alpha value is -1.42. The average molecular weight is 326 g/mol. The van der Waals surface area contributed by atoms with Gasteiger partial charge in [0.2, 0.25) is 0 Å². The third-order valence-electron chi connectivity index (χ3n) is 3.17. The van der Waals surface area contributed by atoms with E-state index in [0.29, 0.717) is 12.8 Å². The molecule has 1 saturated heterocycles. The van der Waals surface area contributed by atoms with Crippen LogP contribution in [0.2, 0.25) is 0 Å². The summed E-state index contributed by atoms with van der Waals surface area (Å²) < 4.78 is 10.6. The lowest BCUT2D eigenvalue weighted by Gasteiger charge is -2.40. The predicted octanol–water partition coefficient (Wildman–Crippen LogP) is -1.86. The second-order valence-electron chi connectivity index (χ2n) is 4.89. The molecule has 1 heterocycles. The van der Waals surface area contributed by atoms with Crippen molar-refractivity contribution in [3.8, 4) is 23.7 Å². The molecule has 6 atom stereocenters. The van der Waals surface area contributed by atoms with Gasteiger partial charge in [-0.3, -0.25) is 0 Å². The molecular weight excluding hydrogens is 304 g/mol. The highest BCUT2D eigenvalue weighted by molar-refractivity contribution is 5.28. The first-order chi connectivity index (χ1) is 11.0. The molecule has 0 saturated carbocycles. The van der Waals surface area contributed by atoms with E-state index in [4.69, 9.17) is 19.7 Å². The molecule has 7 heteroatoms. The van der Waals surface area contributed by atoms with Crippen LogP contribution >= 0.6 is 0 Å². The van der Waals surface area contributed by atoms with Crippen molar-refractivity contribution in [1.82, 2.24) is 0 Å². The zero-order valence-corrected chi connectivity index (χ0v) is 12.6. The summed E-state index contributed by atoms with van der Waals surface area (Å²) in [6.07, 6.45) is -5.12. The van der Waals surface area contributed by atoms with Crippen molar-refractivity contribution in [3.05, 3.63) is 12.7 Å². The molecule has 0 aliphatic carbocycles. The molecule has 1 unspecified atom stereocenters. The maximum absolute atomic E-state index is 9.86. The van der Waals surface area contributed by atoms with E-state index in [1.165, 1.54) is 6.08 Å². The van der Waals surface area contributed by atoms with Gasteiger partial charge in [-0.25, -0.2) is 0 Å². The van der Waals surface area contributed by atoms with E-state index in [-0.39, 0.29) is 6.61 Å². The third-order valence-corrected chi connectivity index (χ3v) is 3.17. The average Bonchev–Trinajstić information content (AvgIpc) is 2.56. The molecule has 1 rings (SSSR count). The maximum Gasteiger partial charge on any atom is 0.188 e. The molecule has 0 spiro atoms. The van der Waals surface area contributed by atoms with Gasteiger partial charge in [0.1, 0.15) is 30.5 Å². The number of ether oxygens (including phenoxy) is 2. The van der Waals surface area contributed by atoms with Crippen molar-refractivity contribution in [2.45, 2.75) is 49.7 Å². The van der Waals surface area contributed by atoms with Gasteiger partial charge in [-0.1, -0.05) is 24.5 Å². The van der Waals surface area contributed by atoms with Crippen LogP contribution in [0.1, 0.15) is 12.8 Å². The molecule has 0 bridgehead atoms. The van der Waals surface area contributed by atoms with Crippen molar-refractivity contribution in [2.75, 3.05) is 13.2 Å². The molecule has 1 aliphatic heterocycles. The molecule has 23 heavy (non-hydrogen) atoms. The third kappa shape index (κ3) is 5.94. The molecule has 0 aromatic heterocycles. The Morgan fingerprint density at radius 3 is 2.48 bits per heavy atom. The number of rotatable bonds is 6. The minimum absolute atomic E-state index is 0.0671. The van der Waals surface area contributed by atoms with Crippen LogP contribution in [-0.4, -0.2) is 75.6 Å². The Balaban J connectivity index is 2.65. The summed E-state index contributed by atoms with van der Waals surface area (Å²) >= 11 is 0. The van der Waals surface area contributed by atoms with Crippen LogP contribution in [0.25, 0.3) is 0 Å². The second-order valence-corrected chi connectivity index (χ2v) is 4.89. The van der Waals surface area contributed by atoms with E-state index in [1.807, 2.05) is 0 Å². The van der Waals surface area contributed by atoms with Crippen molar-refractivity contribution < 1.29 is 35.0 Å². The van der Waals surface area contributed by atoms with Crippen LogP contribution in [0, 0.1) is 23.7 Å². The highest BCUT2D eigenvalue weighted by atomic mass is 16.7. The quantitative estimate of drug-likeness (QED) is 0.220. The summed E-state index contributed by atoms with van der Waals surface area (Å²) in [5.74, 6) is 10.5. The first kappa shape index (κ1) is 19.6. The Morgan fingerprint density at radius 2 is 1.87 bits per heavy atom. The highest BCUT2D eigenvalue weighted by Crippen LogP contribution is 2.22. The number of aliphatic hydroxyl groups is 5. The van der Waals surface area contributed by atoms with Gasteiger partial charge < -0.3 is 35.0 Å². The van der Waals surface area contributed by atoms with Crippen LogP contribution in [0.3, 0.4) is 0 Å². The Labute approximate surface area is 135 Å². The lowest BCUT2D eigenvalue weighted by Crippen LogP contribution is -2.59. The SMILES string of the molecule is C=CC(C#CC#CCCCO)O[C@@H]1O[C@H](CO)[C@@H](O)[C@H](O)[C@H]1O. The van der Waals surface area contributed by atoms with Crippen LogP contribution in [0.5, 0.6) is 0 Å². The fraction of sp³-hybridized carbons (Fsp3) is 0.625. The minimum Gasteiger partial charge on any atom is -0.396 e.